The Hall–Kier alpha value is -2.12. The molecule has 0 aliphatic heterocycles. The first-order valence-electron chi connectivity index (χ1n) is 6.10. The maximum atomic E-state index is 13.7. The fourth-order valence-corrected chi connectivity index (χ4v) is 2.90. The van der Waals surface area contributed by atoms with Crippen LogP contribution in [0.4, 0.5) is 10.1 Å². The second-order valence-corrected chi connectivity index (χ2v) is 6.06. The van der Waals surface area contributed by atoms with Gasteiger partial charge in [-0.1, -0.05) is 18.2 Å². The highest BCUT2D eigenvalue weighted by atomic mass is 32.2. The van der Waals surface area contributed by atoms with E-state index in [4.69, 9.17) is 10.5 Å². The smallest absolute Gasteiger partial charge is 0.243 e. The van der Waals surface area contributed by atoms with Crippen LogP contribution in [0.15, 0.2) is 47.4 Å². The van der Waals surface area contributed by atoms with Crippen molar-refractivity contribution in [2.24, 2.45) is 0 Å². The van der Waals surface area contributed by atoms with Gasteiger partial charge < -0.3 is 10.5 Å². The molecule has 0 saturated heterocycles. The summed E-state index contributed by atoms with van der Waals surface area (Å²) in [7, 11) is -2.47. The molecule has 0 atom stereocenters. The highest BCUT2D eigenvalue weighted by molar-refractivity contribution is 7.89. The fraction of sp³-hybridized carbons (Fsp3) is 0.143. The van der Waals surface area contributed by atoms with Gasteiger partial charge in [0.05, 0.1) is 7.11 Å². The highest BCUT2D eigenvalue weighted by Crippen LogP contribution is 2.20. The van der Waals surface area contributed by atoms with Crippen LogP contribution in [0.1, 0.15) is 5.56 Å². The molecule has 0 aliphatic carbocycles. The predicted octanol–water partition coefficient (Wildman–Crippen LogP) is 1.90. The Morgan fingerprint density at radius 1 is 1.24 bits per heavy atom. The number of nitrogens with two attached hydrogens (primary N) is 1. The lowest BCUT2D eigenvalue weighted by atomic mass is 10.2. The number of benzene rings is 2. The number of rotatable bonds is 5. The molecule has 0 unspecified atom stereocenters. The van der Waals surface area contributed by atoms with Crippen LogP contribution in [0.3, 0.4) is 0 Å². The Balaban J connectivity index is 2.22. The average molecular weight is 310 g/mol. The summed E-state index contributed by atoms with van der Waals surface area (Å²) in [4.78, 5) is -0.438. The van der Waals surface area contributed by atoms with Gasteiger partial charge in [-0.05, 0) is 24.3 Å². The summed E-state index contributed by atoms with van der Waals surface area (Å²) < 4.78 is 45.4. The maximum absolute atomic E-state index is 13.7. The Labute approximate surface area is 122 Å². The average Bonchev–Trinajstić information content (AvgIpc) is 2.45. The van der Waals surface area contributed by atoms with Crippen molar-refractivity contribution >= 4 is 15.7 Å². The summed E-state index contributed by atoms with van der Waals surface area (Å²) in [5.41, 5.74) is 6.22. The molecule has 0 amide bonds. The summed E-state index contributed by atoms with van der Waals surface area (Å²) in [5.74, 6) is -0.333. The van der Waals surface area contributed by atoms with E-state index in [0.29, 0.717) is 11.3 Å². The lowest BCUT2D eigenvalue weighted by Crippen LogP contribution is -2.24. The third-order valence-electron chi connectivity index (χ3n) is 2.89. The summed E-state index contributed by atoms with van der Waals surface area (Å²) in [5, 5.41) is 0. The van der Waals surface area contributed by atoms with E-state index in [-0.39, 0.29) is 12.2 Å². The van der Waals surface area contributed by atoms with Crippen LogP contribution in [0.5, 0.6) is 5.75 Å². The van der Waals surface area contributed by atoms with E-state index in [1.807, 2.05) is 0 Å². The lowest BCUT2D eigenvalue weighted by molar-refractivity contribution is 0.409. The van der Waals surface area contributed by atoms with E-state index in [1.165, 1.54) is 13.2 Å². The van der Waals surface area contributed by atoms with Crippen molar-refractivity contribution in [1.29, 1.82) is 0 Å². The molecule has 2 aromatic rings. The van der Waals surface area contributed by atoms with Crippen LogP contribution in [0, 0.1) is 5.82 Å². The molecule has 0 bridgehead atoms. The van der Waals surface area contributed by atoms with Crippen molar-refractivity contribution < 1.29 is 17.5 Å². The first-order chi connectivity index (χ1) is 9.94. The minimum absolute atomic E-state index is 0.00381. The van der Waals surface area contributed by atoms with Crippen LogP contribution >= 0.6 is 0 Å². The largest absolute Gasteiger partial charge is 0.496 e. The number of nitrogens with one attached hydrogen (secondary N) is 1. The Morgan fingerprint density at radius 3 is 2.62 bits per heavy atom. The standard InChI is InChI=1S/C14H15FN2O3S/c1-20-13-5-3-2-4-10(13)9-17-21(18,19)14-7-6-11(16)8-12(14)15/h2-8,17H,9,16H2,1H3. The molecule has 7 heteroatoms. The summed E-state index contributed by atoms with van der Waals surface area (Å²) >= 11 is 0. The van der Waals surface area contributed by atoms with Gasteiger partial charge in [-0.3, -0.25) is 0 Å². The zero-order valence-electron chi connectivity index (χ0n) is 11.3. The first-order valence-corrected chi connectivity index (χ1v) is 7.59. The number of sulfonamides is 1. The number of anilines is 1. The molecule has 21 heavy (non-hydrogen) atoms. The number of hydrogen-bond acceptors (Lipinski definition) is 4. The number of para-hydroxylation sites is 1. The summed E-state index contributed by atoms with van der Waals surface area (Å²) in [6, 6.07) is 10.4. The van der Waals surface area contributed by atoms with Crippen molar-refractivity contribution in [3.05, 3.63) is 53.8 Å². The van der Waals surface area contributed by atoms with Crippen molar-refractivity contribution in [2.75, 3.05) is 12.8 Å². The van der Waals surface area contributed by atoms with Crippen LogP contribution in [0.25, 0.3) is 0 Å². The molecule has 2 rings (SSSR count). The molecule has 0 radical (unpaired) electrons. The van der Waals surface area contributed by atoms with Crippen LogP contribution < -0.4 is 15.2 Å². The molecule has 2 aromatic carbocycles. The van der Waals surface area contributed by atoms with Gasteiger partial charge in [0, 0.05) is 17.8 Å². The monoisotopic (exact) mass is 310 g/mol. The molecular weight excluding hydrogens is 295 g/mol. The first kappa shape index (κ1) is 15.3. The van der Waals surface area contributed by atoms with Gasteiger partial charge in [-0.15, -0.1) is 0 Å². The van der Waals surface area contributed by atoms with E-state index < -0.39 is 20.7 Å². The van der Waals surface area contributed by atoms with Crippen LogP contribution in [-0.2, 0) is 16.6 Å². The van der Waals surface area contributed by atoms with Crippen LogP contribution in [0.2, 0.25) is 0 Å². The minimum atomic E-state index is -3.97. The number of methoxy groups -OCH3 is 1. The van der Waals surface area contributed by atoms with Gasteiger partial charge in [0.2, 0.25) is 10.0 Å². The van der Waals surface area contributed by atoms with Gasteiger partial charge in [0.25, 0.3) is 0 Å². The molecule has 3 N–H and O–H groups in total. The quantitative estimate of drug-likeness (QED) is 0.826. The Bertz CT molecular complexity index is 748. The maximum Gasteiger partial charge on any atom is 0.243 e. The topological polar surface area (TPSA) is 81.4 Å². The van der Waals surface area contributed by atoms with E-state index in [2.05, 4.69) is 4.72 Å². The van der Waals surface area contributed by atoms with Crippen molar-refractivity contribution in [3.63, 3.8) is 0 Å². The summed E-state index contributed by atoms with van der Waals surface area (Å²) in [6.07, 6.45) is 0. The number of halogens is 1. The predicted molar refractivity (Wildman–Crippen MR) is 77.8 cm³/mol. The summed E-state index contributed by atoms with van der Waals surface area (Å²) in [6.45, 7) is -0.00381. The fourth-order valence-electron chi connectivity index (χ4n) is 1.83. The van der Waals surface area contributed by atoms with Crippen molar-refractivity contribution in [1.82, 2.24) is 4.72 Å². The van der Waals surface area contributed by atoms with E-state index in [0.717, 1.165) is 12.1 Å². The van der Waals surface area contributed by atoms with Gasteiger partial charge in [-0.2, -0.15) is 0 Å². The number of hydrogen-bond donors (Lipinski definition) is 2. The van der Waals surface area contributed by atoms with Crippen molar-refractivity contribution in [2.45, 2.75) is 11.4 Å². The van der Waals surface area contributed by atoms with Crippen molar-refractivity contribution in [3.8, 4) is 5.75 Å². The van der Waals surface area contributed by atoms with E-state index in [9.17, 15) is 12.8 Å². The minimum Gasteiger partial charge on any atom is -0.496 e. The molecule has 0 aromatic heterocycles. The zero-order valence-corrected chi connectivity index (χ0v) is 12.2. The third kappa shape index (κ3) is 3.50. The van der Waals surface area contributed by atoms with Gasteiger partial charge >= 0.3 is 0 Å². The molecular formula is C14H15FN2O3S. The molecule has 5 nitrogen and oxygen atoms in total. The number of ether oxygens (including phenoxy) is 1. The van der Waals surface area contributed by atoms with E-state index >= 15 is 0 Å². The second-order valence-electron chi connectivity index (χ2n) is 4.33. The lowest BCUT2D eigenvalue weighted by Gasteiger charge is -2.10. The van der Waals surface area contributed by atoms with E-state index in [1.54, 1.807) is 24.3 Å². The highest BCUT2D eigenvalue weighted by Gasteiger charge is 2.19. The van der Waals surface area contributed by atoms with Gasteiger partial charge in [0.1, 0.15) is 16.5 Å². The molecule has 0 heterocycles. The Kier molecular flexibility index (Phi) is 4.44. The molecule has 0 aliphatic rings. The number of nitrogen functional groups attached to an aromatic ring is 1. The SMILES string of the molecule is COc1ccccc1CNS(=O)(=O)c1ccc(N)cc1F. The van der Waals surface area contributed by atoms with Gasteiger partial charge in [-0.25, -0.2) is 17.5 Å². The molecule has 0 spiro atoms. The Morgan fingerprint density at radius 2 is 1.95 bits per heavy atom. The second kappa shape index (κ2) is 6.11. The normalized spacial score (nSPS) is 11.3. The molecule has 112 valence electrons. The van der Waals surface area contributed by atoms with Gasteiger partial charge in [0.15, 0.2) is 0 Å². The molecule has 0 saturated carbocycles. The third-order valence-corrected chi connectivity index (χ3v) is 4.33. The zero-order chi connectivity index (χ0) is 15.5. The van der Waals surface area contributed by atoms with Crippen LogP contribution in [-0.4, -0.2) is 15.5 Å². The molecule has 0 fully saturated rings.